The largest absolute Gasteiger partial charge is 0.351 e. The van der Waals surface area contributed by atoms with E-state index in [1.54, 1.807) is 0 Å². The van der Waals surface area contributed by atoms with Crippen LogP contribution in [0.3, 0.4) is 0 Å². The molecule has 2 aliphatic heterocycles. The van der Waals surface area contributed by atoms with E-state index in [9.17, 15) is 4.79 Å². The molecule has 0 saturated carbocycles. The monoisotopic (exact) mass is 312 g/mol. The van der Waals surface area contributed by atoms with Crippen molar-refractivity contribution in [3.63, 3.8) is 0 Å². The molecule has 0 radical (unpaired) electrons. The van der Waals surface area contributed by atoms with E-state index in [1.807, 2.05) is 48.6 Å². The fourth-order valence-electron chi connectivity index (χ4n) is 2.62. The van der Waals surface area contributed by atoms with Gasteiger partial charge in [0.2, 0.25) is 0 Å². The van der Waals surface area contributed by atoms with E-state index in [0.717, 1.165) is 23.8 Å². The summed E-state index contributed by atoms with van der Waals surface area (Å²) in [5, 5.41) is 0.881. The number of thioether (sulfide) groups is 1. The summed E-state index contributed by atoms with van der Waals surface area (Å²) in [6.45, 7) is 2.04. The van der Waals surface area contributed by atoms with Crippen molar-refractivity contribution in [2.24, 2.45) is 4.99 Å². The maximum atomic E-state index is 12.0. The number of carbonyl (C=O) groups excluding carboxylic acids is 1. The minimum absolute atomic E-state index is 0.109. The Hall–Kier alpha value is -1.81. The van der Waals surface area contributed by atoms with Crippen LogP contribution < -0.4 is 0 Å². The van der Waals surface area contributed by atoms with Crippen LogP contribution in [-0.4, -0.2) is 29.1 Å². The van der Waals surface area contributed by atoms with Gasteiger partial charge in [0, 0.05) is 13.1 Å². The number of amidine groups is 1. The predicted molar refractivity (Wildman–Crippen MR) is 93.6 cm³/mol. The number of likely N-dealkylation sites (tertiary alicyclic amines) is 1. The highest BCUT2D eigenvalue weighted by molar-refractivity contribution is 8.18. The molecule has 4 heteroatoms. The minimum atomic E-state index is -0.109. The molecule has 1 fully saturated rings. The van der Waals surface area contributed by atoms with E-state index in [1.165, 1.54) is 37.4 Å². The van der Waals surface area contributed by atoms with Crippen LogP contribution in [0.25, 0.3) is 6.08 Å². The number of aliphatic imine (C=N–C) groups is 1. The molecule has 0 unspecified atom stereocenters. The molecule has 2 heterocycles. The van der Waals surface area contributed by atoms with Crippen LogP contribution in [0.4, 0.5) is 0 Å². The second-order valence-electron chi connectivity index (χ2n) is 5.50. The number of allylic oxidation sites excluding steroid dienone is 2. The lowest BCUT2D eigenvalue weighted by molar-refractivity contribution is -0.113. The zero-order valence-corrected chi connectivity index (χ0v) is 13.4. The molecule has 114 valence electrons. The molecule has 1 amide bonds. The van der Waals surface area contributed by atoms with E-state index in [0.29, 0.717) is 4.91 Å². The van der Waals surface area contributed by atoms with E-state index in [-0.39, 0.29) is 5.91 Å². The van der Waals surface area contributed by atoms with Gasteiger partial charge in [-0.3, -0.25) is 4.79 Å². The number of carbonyl (C=O) groups is 1. The van der Waals surface area contributed by atoms with Gasteiger partial charge >= 0.3 is 0 Å². The SMILES string of the molecule is O=C1N=C(N2CCCCCC2)SC1=CC=Cc1ccccc1. The molecule has 22 heavy (non-hydrogen) atoms. The predicted octanol–water partition coefficient (Wildman–Crippen LogP) is 4.09. The summed E-state index contributed by atoms with van der Waals surface area (Å²) in [6, 6.07) is 10.1. The summed E-state index contributed by atoms with van der Waals surface area (Å²) < 4.78 is 0. The zero-order valence-electron chi connectivity index (χ0n) is 12.6. The molecule has 3 rings (SSSR count). The van der Waals surface area contributed by atoms with Crippen molar-refractivity contribution in [2.45, 2.75) is 25.7 Å². The molecule has 2 aliphatic rings. The lowest BCUT2D eigenvalue weighted by atomic mass is 10.2. The molecule has 3 nitrogen and oxygen atoms in total. The topological polar surface area (TPSA) is 32.7 Å². The Labute approximate surface area is 135 Å². The van der Waals surface area contributed by atoms with Crippen molar-refractivity contribution in [2.75, 3.05) is 13.1 Å². The van der Waals surface area contributed by atoms with Gasteiger partial charge in [-0.25, -0.2) is 0 Å². The third kappa shape index (κ3) is 3.89. The van der Waals surface area contributed by atoms with Gasteiger partial charge in [0.25, 0.3) is 5.91 Å². The van der Waals surface area contributed by atoms with Crippen molar-refractivity contribution in [3.05, 3.63) is 53.0 Å². The first-order chi connectivity index (χ1) is 10.8. The highest BCUT2D eigenvalue weighted by atomic mass is 32.2. The van der Waals surface area contributed by atoms with Crippen LogP contribution in [0.1, 0.15) is 31.2 Å². The van der Waals surface area contributed by atoms with Crippen molar-refractivity contribution < 1.29 is 4.79 Å². The van der Waals surface area contributed by atoms with Crippen LogP contribution in [0.5, 0.6) is 0 Å². The Morgan fingerprint density at radius 2 is 1.77 bits per heavy atom. The third-order valence-corrected chi connectivity index (χ3v) is 4.88. The summed E-state index contributed by atoms with van der Waals surface area (Å²) in [4.78, 5) is 19.2. The van der Waals surface area contributed by atoms with Crippen molar-refractivity contribution in [3.8, 4) is 0 Å². The third-order valence-electron chi connectivity index (χ3n) is 3.82. The zero-order chi connectivity index (χ0) is 15.2. The van der Waals surface area contributed by atoms with Gasteiger partial charge in [0.1, 0.15) is 0 Å². The molecule has 0 spiro atoms. The summed E-state index contributed by atoms with van der Waals surface area (Å²) in [5.41, 5.74) is 1.13. The number of hydrogen-bond acceptors (Lipinski definition) is 3. The van der Waals surface area contributed by atoms with Gasteiger partial charge in [0.05, 0.1) is 4.91 Å². The Morgan fingerprint density at radius 3 is 2.50 bits per heavy atom. The Balaban J connectivity index is 1.64. The van der Waals surface area contributed by atoms with Crippen LogP contribution in [0, 0.1) is 0 Å². The fraction of sp³-hybridized carbons (Fsp3) is 0.333. The molecule has 1 aromatic carbocycles. The maximum Gasteiger partial charge on any atom is 0.286 e. The summed E-state index contributed by atoms with van der Waals surface area (Å²) >= 11 is 1.51. The van der Waals surface area contributed by atoms with E-state index in [2.05, 4.69) is 9.89 Å². The average Bonchev–Trinajstić information content (AvgIpc) is 2.76. The second kappa shape index (κ2) is 7.45. The summed E-state index contributed by atoms with van der Waals surface area (Å²) in [6.07, 6.45) is 10.8. The van der Waals surface area contributed by atoms with Gasteiger partial charge in [-0.1, -0.05) is 55.3 Å². The molecular formula is C18H20N2OS. The fourth-order valence-corrected chi connectivity index (χ4v) is 3.54. The standard InChI is InChI=1S/C18H20N2OS/c21-17-16(12-8-11-15-9-4-3-5-10-15)22-18(19-17)20-13-6-1-2-7-14-20/h3-5,8-12H,1-2,6-7,13-14H2. The first-order valence-electron chi connectivity index (χ1n) is 7.82. The van der Waals surface area contributed by atoms with Crippen molar-refractivity contribution in [1.82, 2.24) is 4.90 Å². The van der Waals surface area contributed by atoms with E-state index >= 15 is 0 Å². The lowest BCUT2D eigenvalue weighted by Crippen LogP contribution is -2.28. The molecule has 0 aromatic heterocycles. The number of amides is 1. The van der Waals surface area contributed by atoms with E-state index < -0.39 is 0 Å². The maximum absolute atomic E-state index is 12.0. The van der Waals surface area contributed by atoms with Gasteiger partial charge < -0.3 is 4.90 Å². The number of nitrogens with zero attached hydrogens (tertiary/aromatic N) is 2. The lowest BCUT2D eigenvalue weighted by Gasteiger charge is -2.20. The van der Waals surface area contributed by atoms with E-state index in [4.69, 9.17) is 0 Å². The number of benzene rings is 1. The summed E-state index contributed by atoms with van der Waals surface area (Å²) in [7, 11) is 0. The molecule has 0 N–H and O–H groups in total. The molecule has 0 atom stereocenters. The molecular weight excluding hydrogens is 292 g/mol. The van der Waals surface area contributed by atoms with Crippen LogP contribution in [0.2, 0.25) is 0 Å². The van der Waals surface area contributed by atoms with Gasteiger partial charge in [-0.2, -0.15) is 4.99 Å². The van der Waals surface area contributed by atoms with Gasteiger partial charge in [-0.15, -0.1) is 0 Å². The number of rotatable bonds is 2. The van der Waals surface area contributed by atoms with Crippen molar-refractivity contribution in [1.29, 1.82) is 0 Å². The highest BCUT2D eigenvalue weighted by Gasteiger charge is 2.25. The quantitative estimate of drug-likeness (QED) is 0.771. The molecule has 1 saturated heterocycles. The average molecular weight is 312 g/mol. The van der Waals surface area contributed by atoms with Gasteiger partial charge in [-0.05, 0) is 36.2 Å². The Morgan fingerprint density at radius 1 is 1.05 bits per heavy atom. The van der Waals surface area contributed by atoms with Crippen molar-refractivity contribution >= 4 is 28.9 Å². The number of hydrogen-bond donors (Lipinski definition) is 0. The van der Waals surface area contributed by atoms with Crippen LogP contribution in [-0.2, 0) is 4.79 Å². The van der Waals surface area contributed by atoms with Crippen LogP contribution >= 0.6 is 11.8 Å². The normalized spacial score (nSPS) is 21.5. The smallest absolute Gasteiger partial charge is 0.286 e. The first kappa shape index (κ1) is 15.1. The molecule has 0 bridgehead atoms. The van der Waals surface area contributed by atoms with Crippen LogP contribution in [0.15, 0.2) is 52.4 Å². The molecule has 1 aromatic rings. The second-order valence-corrected chi connectivity index (χ2v) is 6.51. The Kier molecular flexibility index (Phi) is 5.11. The Bertz CT molecular complexity index is 611. The van der Waals surface area contributed by atoms with Gasteiger partial charge in [0.15, 0.2) is 5.17 Å². The summed E-state index contributed by atoms with van der Waals surface area (Å²) in [5.74, 6) is -0.109. The highest BCUT2D eigenvalue weighted by Crippen LogP contribution is 2.29. The first-order valence-corrected chi connectivity index (χ1v) is 8.64. The molecule has 0 aliphatic carbocycles. The minimum Gasteiger partial charge on any atom is -0.351 e.